The van der Waals surface area contributed by atoms with E-state index in [1.54, 1.807) is 21.3 Å². The van der Waals surface area contributed by atoms with Gasteiger partial charge in [0.15, 0.2) is 0 Å². The largest absolute Gasteiger partial charge is 0.497 e. The number of nitrogens with one attached hydrogen (secondary N) is 1. The average Bonchev–Trinajstić information content (AvgIpc) is 3.35. The normalized spacial score (nSPS) is 14.9. The highest BCUT2D eigenvalue weighted by atomic mass is 16.5. The maximum atomic E-state index is 13.5. The molecule has 1 aliphatic heterocycles. The second-order valence-electron chi connectivity index (χ2n) is 8.16. The second kappa shape index (κ2) is 12.8. The summed E-state index contributed by atoms with van der Waals surface area (Å²) < 4.78 is 15.8. The molecule has 0 fully saturated rings. The predicted octanol–water partition coefficient (Wildman–Crippen LogP) is 3.45. The van der Waals surface area contributed by atoms with E-state index in [4.69, 9.17) is 19.3 Å². The van der Waals surface area contributed by atoms with Gasteiger partial charge in [0.2, 0.25) is 0 Å². The molecule has 9 nitrogen and oxygen atoms in total. The molecule has 3 rings (SSSR count). The molecular weight excluding hydrogens is 448 g/mol. The summed E-state index contributed by atoms with van der Waals surface area (Å²) in [7, 11) is 4.79. The Balaban J connectivity index is 1.89. The van der Waals surface area contributed by atoms with Crippen LogP contribution in [0.3, 0.4) is 0 Å². The van der Waals surface area contributed by atoms with Crippen molar-refractivity contribution in [2.45, 2.75) is 25.8 Å². The van der Waals surface area contributed by atoms with Crippen LogP contribution in [-0.2, 0) is 9.53 Å². The first-order chi connectivity index (χ1) is 17.0. The van der Waals surface area contributed by atoms with Crippen molar-refractivity contribution in [3.8, 4) is 11.5 Å². The molecular formula is C26H34N4O5. The predicted molar refractivity (Wildman–Crippen MR) is 134 cm³/mol. The lowest BCUT2D eigenvalue weighted by atomic mass is 9.98. The number of carbonyl (C=O) groups excluding carboxylic acids is 2. The quantitative estimate of drug-likeness (QED) is 0.530. The zero-order valence-corrected chi connectivity index (χ0v) is 20.8. The van der Waals surface area contributed by atoms with Crippen LogP contribution in [0.1, 0.15) is 36.9 Å². The summed E-state index contributed by atoms with van der Waals surface area (Å²) in [6, 6.07) is 14.6. The van der Waals surface area contributed by atoms with Gasteiger partial charge in [0.1, 0.15) is 18.0 Å². The van der Waals surface area contributed by atoms with Crippen molar-refractivity contribution in [2.24, 2.45) is 5.10 Å². The molecule has 0 saturated heterocycles. The van der Waals surface area contributed by atoms with Gasteiger partial charge in [-0.3, -0.25) is 4.79 Å². The maximum absolute atomic E-state index is 13.5. The van der Waals surface area contributed by atoms with Crippen LogP contribution in [0.25, 0.3) is 0 Å². The highest BCUT2D eigenvalue weighted by Crippen LogP contribution is 2.34. The fraction of sp³-hybridized carbons (Fsp3) is 0.423. The number of nitrogens with zero attached hydrogens (tertiary/aromatic N) is 3. The molecule has 0 radical (unpaired) electrons. The van der Waals surface area contributed by atoms with Gasteiger partial charge in [0.25, 0.3) is 5.91 Å². The van der Waals surface area contributed by atoms with E-state index in [2.05, 4.69) is 5.32 Å². The first-order valence-corrected chi connectivity index (χ1v) is 11.7. The summed E-state index contributed by atoms with van der Waals surface area (Å²) in [6.45, 7) is 3.02. The number of hydrogen-bond donors (Lipinski definition) is 1. The minimum absolute atomic E-state index is 0.111. The Morgan fingerprint density at radius 3 is 2.49 bits per heavy atom. The molecule has 0 aliphatic carbocycles. The highest BCUT2D eigenvalue weighted by Gasteiger charge is 2.34. The van der Waals surface area contributed by atoms with E-state index in [0.29, 0.717) is 31.9 Å². The van der Waals surface area contributed by atoms with E-state index in [0.717, 1.165) is 29.0 Å². The summed E-state index contributed by atoms with van der Waals surface area (Å²) in [5.74, 6) is 1.18. The number of carbonyl (C=O) groups is 2. The number of rotatable bonds is 11. The number of methoxy groups -OCH3 is 3. The molecule has 1 aliphatic rings. The minimum Gasteiger partial charge on any atom is -0.497 e. The Morgan fingerprint density at radius 2 is 1.83 bits per heavy atom. The van der Waals surface area contributed by atoms with E-state index in [-0.39, 0.29) is 24.5 Å². The zero-order chi connectivity index (χ0) is 25.2. The molecule has 0 spiro atoms. The standard InChI is InChI=1S/C26H34N4O5/c1-5-13-27-26(32)29(14-15-33-2)18-25(31)30-24(19-9-11-21(34-3)12-10-19)17-23(28-30)20-7-6-8-22(16-20)35-4/h6-12,16,24H,5,13-15,17-18H2,1-4H3,(H,27,32). The summed E-state index contributed by atoms with van der Waals surface area (Å²) in [5, 5.41) is 9.04. The van der Waals surface area contributed by atoms with E-state index in [1.165, 1.54) is 9.91 Å². The summed E-state index contributed by atoms with van der Waals surface area (Å²) >= 11 is 0. The summed E-state index contributed by atoms with van der Waals surface area (Å²) in [6.07, 6.45) is 1.34. The van der Waals surface area contributed by atoms with Gasteiger partial charge < -0.3 is 24.4 Å². The van der Waals surface area contributed by atoms with Crippen molar-refractivity contribution in [1.29, 1.82) is 0 Å². The van der Waals surface area contributed by atoms with Crippen LogP contribution >= 0.6 is 0 Å². The van der Waals surface area contributed by atoms with Crippen molar-refractivity contribution >= 4 is 17.6 Å². The average molecular weight is 483 g/mol. The molecule has 1 N–H and O–H groups in total. The third kappa shape index (κ3) is 6.73. The van der Waals surface area contributed by atoms with Crippen molar-refractivity contribution in [1.82, 2.24) is 15.2 Å². The monoisotopic (exact) mass is 482 g/mol. The van der Waals surface area contributed by atoms with Gasteiger partial charge in [0.05, 0.1) is 32.6 Å². The van der Waals surface area contributed by atoms with Crippen molar-refractivity contribution < 1.29 is 23.8 Å². The lowest BCUT2D eigenvalue weighted by molar-refractivity contribution is -0.133. The maximum Gasteiger partial charge on any atom is 0.317 e. The smallest absolute Gasteiger partial charge is 0.317 e. The topological polar surface area (TPSA) is 92.7 Å². The number of amides is 3. The Bertz CT molecular complexity index is 1020. The Hall–Kier alpha value is -3.59. The first-order valence-electron chi connectivity index (χ1n) is 11.7. The molecule has 35 heavy (non-hydrogen) atoms. The Labute approximate surface area is 206 Å². The fourth-order valence-corrected chi connectivity index (χ4v) is 3.84. The van der Waals surface area contributed by atoms with Crippen LogP contribution in [-0.4, -0.2) is 75.1 Å². The molecule has 1 heterocycles. The van der Waals surface area contributed by atoms with E-state index >= 15 is 0 Å². The Kier molecular flexibility index (Phi) is 9.48. The Morgan fingerprint density at radius 1 is 1.09 bits per heavy atom. The van der Waals surface area contributed by atoms with Crippen molar-refractivity contribution in [3.05, 3.63) is 59.7 Å². The van der Waals surface area contributed by atoms with E-state index in [1.807, 2.05) is 55.5 Å². The molecule has 2 aromatic carbocycles. The van der Waals surface area contributed by atoms with Crippen molar-refractivity contribution in [2.75, 3.05) is 47.6 Å². The van der Waals surface area contributed by atoms with Crippen LogP contribution in [0.4, 0.5) is 4.79 Å². The molecule has 3 amide bonds. The van der Waals surface area contributed by atoms with E-state index < -0.39 is 0 Å². The number of benzene rings is 2. The van der Waals surface area contributed by atoms with Gasteiger partial charge in [-0.2, -0.15) is 5.10 Å². The third-order valence-electron chi connectivity index (χ3n) is 5.77. The molecule has 2 aromatic rings. The fourth-order valence-electron chi connectivity index (χ4n) is 3.84. The van der Waals surface area contributed by atoms with Crippen LogP contribution < -0.4 is 14.8 Å². The van der Waals surface area contributed by atoms with Gasteiger partial charge in [-0.15, -0.1) is 0 Å². The van der Waals surface area contributed by atoms with Gasteiger partial charge in [-0.05, 0) is 36.2 Å². The first kappa shape index (κ1) is 26.0. The molecule has 188 valence electrons. The van der Waals surface area contributed by atoms with Crippen molar-refractivity contribution in [3.63, 3.8) is 0 Å². The summed E-state index contributed by atoms with van der Waals surface area (Å²) in [5.41, 5.74) is 2.59. The van der Waals surface area contributed by atoms with Crippen LogP contribution in [0.2, 0.25) is 0 Å². The van der Waals surface area contributed by atoms with Gasteiger partial charge in [-0.1, -0.05) is 31.2 Å². The van der Waals surface area contributed by atoms with Gasteiger partial charge >= 0.3 is 6.03 Å². The van der Waals surface area contributed by atoms with Gasteiger partial charge in [0, 0.05) is 32.2 Å². The lowest BCUT2D eigenvalue weighted by Gasteiger charge is -2.27. The molecule has 9 heteroatoms. The summed E-state index contributed by atoms with van der Waals surface area (Å²) in [4.78, 5) is 27.6. The number of ether oxygens (including phenoxy) is 3. The number of urea groups is 1. The van der Waals surface area contributed by atoms with Crippen LogP contribution in [0, 0.1) is 0 Å². The number of hydrazone groups is 1. The molecule has 1 unspecified atom stereocenters. The zero-order valence-electron chi connectivity index (χ0n) is 20.8. The van der Waals surface area contributed by atoms with E-state index in [9.17, 15) is 9.59 Å². The molecule has 1 atom stereocenters. The van der Waals surface area contributed by atoms with Crippen LogP contribution in [0.5, 0.6) is 11.5 Å². The molecule has 0 saturated carbocycles. The lowest BCUT2D eigenvalue weighted by Crippen LogP contribution is -2.47. The third-order valence-corrected chi connectivity index (χ3v) is 5.77. The van der Waals surface area contributed by atoms with Crippen LogP contribution in [0.15, 0.2) is 53.6 Å². The SMILES string of the molecule is CCCNC(=O)N(CCOC)CC(=O)N1N=C(c2cccc(OC)c2)CC1c1ccc(OC)cc1. The second-order valence-corrected chi connectivity index (χ2v) is 8.16. The highest BCUT2D eigenvalue weighted by molar-refractivity contribution is 6.03. The minimum atomic E-state index is -0.308. The molecule has 0 bridgehead atoms. The molecule has 0 aromatic heterocycles. The van der Waals surface area contributed by atoms with Gasteiger partial charge in [-0.25, -0.2) is 9.80 Å². The number of hydrogen-bond acceptors (Lipinski definition) is 6.